The number of rotatable bonds is 10. The van der Waals surface area contributed by atoms with Crippen LogP contribution in [0, 0.1) is 0 Å². The highest BCUT2D eigenvalue weighted by atomic mass is 16.5. The van der Waals surface area contributed by atoms with Gasteiger partial charge in [-0.2, -0.15) is 0 Å². The highest BCUT2D eigenvalue weighted by Crippen LogP contribution is 2.18. The van der Waals surface area contributed by atoms with E-state index in [1.54, 1.807) is 43.5 Å². The van der Waals surface area contributed by atoms with Gasteiger partial charge in [0.25, 0.3) is 5.91 Å². The molecule has 0 heterocycles. The molecule has 3 aromatic carbocycles. The summed E-state index contributed by atoms with van der Waals surface area (Å²) < 4.78 is 10.3. The molecule has 0 radical (unpaired) electrons. The average Bonchev–Trinajstić information content (AvgIpc) is 2.87. The third kappa shape index (κ3) is 7.60. The zero-order valence-electron chi connectivity index (χ0n) is 20.0. The van der Waals surface area contributed by atoms with Crippen molar-refractivity contribution in [1.29, 1.82) is 0 Å². The molecule has 0 aliphatic carbocycles. The second-order valence-corrected chi connectivity index (χ2v) is 8.01. The third-order valence-corrected chi connectivity index (χ3v) is 5.22. The van der Waals surface area contributed by atoms with E-state index in [2.05, 4.69) is 10.6 Å². The zero-order chi connectivity index (χ0) is 25.2. The Balaban J connectivity index is 1.51. The van der Waals surface area contributed by atoms with E-state index >= 15 is 0 Å². The second-order valence-electron chi connectivity index (χ2n) is 8.01. The van der Waals surface area contributed by atoms with E-state index in [-0.39, 0.29) is 17.9 Å². The Morgan fingerprint density at radius 1 is 0.829 bits per heavy atom. The largest absolute Gasteiger partial charge is 0.497 e. The topological polar surface area (TPSA) is 97.0 Å². The van der Waals surface area contributed by atoms with Crippen molar-refractivity contribution in [3.8, 4) is 5.75 Å². The lowest BCUT2D eigenvalue weighted by atomic mass is 10.1. The maximum atomic E-state index is 12.6. The summed E-state index contributed by atoms with van der Waals surface area (Å²) in [4.78, 5) is 39.2. The number of benzene rings is 3. The van der Waals surface area contributed by atoms with Crippen molar-refractivity contribution < 1.29 is 23.9 Å². The monoisotopic (exact) mass is 475 g/mol. The fourth-order valence-electron chi connectivity index (χ4n) is 3.28. The van der Waals surface area contributed by atoms with Crippen molar-refractivity contribution >= 4 is 34.8 Å². The van der Waals surface area contributed by atoms with Gasteiger partial charge in [-0.05, 0) is 60.5 Å². The first kappa shape index (κ1) is 25.3. The molecule has 2 amide bonds. The minimum absolute atomic E-state index is 0.174. The zero-order valence-corrected chi connectivity index (χ0v) is 20.0. The average molecular weight is 476 g/mol. The van der Waals surface area contributed by atoms with Crippen LogP contribution in [0.5, 0.6) is 5.75 Å². The smallest absolute Gasteiger partial charge is 0.340 e. The number of anilines is 3. The molecule has 0 aliphatic heterocycles. The quantitative estimate of drug-likeness (QED) is 0.428. The van der Waals surface area contributed by atoms with Crippen molar-refractivity contribution in [2.45, 2.75) is 12.8 Å². The summed E-state index contributed by atoms with van der Waals surface area (Å²) in [5, 5.41) is 5.45. The maximum absolute atomic E-state index is 12.6. The minimum Gasteiger partial charge on any atom is -0.497 e. The molecule has 2 N–H and O–H groups in total. The summed E-state index contributed by atoms with van der Waals surface area (Å²) in [6.07, 6.45) is 0.781. The van der Waals surface area contributed by atoms with Crippen molar-refractivity contribution in [1.82, 2.24) is 0 Å². The number of carbonyl (C=O) groups excluding carboxylic acids is 3. The number of esters is 1. The van der Waals surface area contributed by atoms with E-state index in [0.29, 0.717) is 17.8 Å². The van der Waals surface area contributed by atoms with Crippen LogP contribution in [0.4, 0.5) is 17.1 Å². The summed E-state index contributed by atoms with van der Waals surface area (Å²) in [5.74, 6) is -0.646. The van der Waals surface area contributed by atoms with E-state index in [4.69, 9.17) is 9.47 Å². The number of amides is 2. The Hall–Kier alpha value is -4.33. The number of para-hydroxylation sites is 1. The van der Waals surface area contributed by atoms with Gasteiger partial charge >= 0.3 is 5.97 Å². The first-order valence-electron chi connectivity index (χ1n) is 11.1. The van der Waals surface area contributed by atoms with Crippen molar-refractivity contribution in [2.24, 2.45) is 0 Å². The van der Waals surface area contributed by atoms with Crippen LogP contribution in [0.15, 0.2) is 72.8 Å². The lowest BCUT2D eigenvalue weighted by molar-refractivity contribution is -0.119. The molecular weight excluding hydrogens is 446 g/mol. The molecule has 0 fully saturated rings. The van der Waals surface area contributed by atoms with E-state index in [0.717, 1.165) is 17.0 Å². The molecule has 0 saturated carbocycles. The van der Waals surface area contributed by atoms with Gasteiger partial charge in [0.05, 0.1) is 18.4 Å². The molecule has 0 unspecified atom stereocenters. The van der Waals surface area contributed by atoms with Gasteiger partial charge in [0.2, 0.25) is 5.91 Å². The molecule has 0 aromatic heterocycles. The number of hydrogen-bond acceptors (Lipinski definition) is 6. The maximum Gasteiger partial charge on any atom is 0.340 e. The number of ether oxygens (including phenoxy) is 2. The summed E-state index contributed by atoms with van der Waals surface area (Å²) in [6.45, 7) is -0.450. The van der Waals surface area contributed by atoms with Crippen LogP contribution in [-0.4, -0.2) is 45.6 Å². The summed E-state index contributed by atoms with van der Waals surface area (Å²) in [5.41, 5.74) is 3.10. The van der Waals surface area contributed by atoms with Crippen molar-refractivity contribution in [3.05, 3.63) is 83.9 Å². The third-order valence-electron chi connectivity index (χ3n) is 5.22. The molecule has 0 atom stereocenters. The van der Waals surface area contributed by atoms with Crippen molar-refractivity contribution in [3.63, 3.8) is 0 Å². The predicted molar refractivity (Wildman–Crippen MR) is 136 cm³/mol. The first-order chi connectivity index (χ1) is 16.9. The van der Waals surface area contributed by atoms with Gasteiger partial charge in [0, 0.05) is 31.9 Å². The fraction of sp³-hybridized carbons (Fsp3) is 0.222. The van der Waals surface area contributed by atoms with Crippen molar-refractivity contribution in [2.75, 3.05) is 43.3 Å². The van der Waals surface area contributed by atoms with Gasteiger partial charge in [-0.3, -0.25) is 9.59 Å². The van der Waals surface area contributed by atoms with Gasteiger partial charge < -0.3 is 25.0 Å². The SMILES string of the molecule is COc1ccc(CCC(=O)Nc2ccccc2C(=O)OCC(=O)Nc2ccc(N(C)C)cc2)cc1. The lowest BCUT2D eigenvalue weighted by Crippen LogP contribution is -2.22. The number of methoxy groups -OCH3 is 1. The molecular formula is C27H29N3O5. The number of hydrogen-bond donors (Lipinski definition) is 2. The van der Waals surface area contributed by atoms with E-state index < -0.39 is 18.5 Å². The normalized spacial score (nSPS) is 10.3. The molecule has 8 heteroatoms. The molecule has 182 valence electrons. The standard InChI is InChI=1S/C27H29N3O5/c1-30(2)21-13-11-20(12-14-21)28-26(32)18-35-27(33)23-6-4-5-7-24(23)29-25(31)17-10-19-8-15-22(34-3)16-9-19/h4-9,11-16H,10,17-18H2,1-3H3,(H,28,32)(H,29,31). The van der Waals surface area contributed by atoms with Crippen LogP contribution in [-0.2, 0) is 20.7 Å². The number of nitrogens with zero attached hydrogens (tertiary/aromatic N) is 1. The Morgan fingerprint density at radius 3 is 2.17 bits per heavy atom. The molecule has 35 heavy (non-hydrogen) atoms. The highest BCUT2D eigenvalue weighted by Gasteiger charge is 2.16. The Morgan fingerprint density at radius 2 is 1.51 bits per heavy atom. The molecule has 8 nitrogen and oxygen atoms in total. The highest BCUT2D eigenvalue weighted by molar-refractivity contribution is 6.02. The molecule has 3 rings (SSSR count). The number of aryl methyl sites for hydroxylation is 1. The number of carbonyl (C=O) groups is 3. The van der Waals surface area contributed by atoms with Gasteiger partial charge in [-0.25, -0.2) is 4.79 Å². The lowest BCUT2D eigenvalue weighted by Gasteiger charge is -2.13. The van der Waals surface area contributed by atoms with Crippen LogP contribution < -0.4 is 20.3 Å². The van der Waals surface area contributed by atoms with Crippen LogP contribution in [0.3, 0.4) is 0 Å². The van der Waals surface area contributed by atoms with Gasteiger partial charge in [-0.1, -0.05) is 24.3 Å². The van der Waals surface area contributed by atoms with E-state index in [9.17, 15) is 14.4 Å². The minimum atomic E-state index is -0.700. The van der Waals surface area contributed by atoms with Gasteiger partial charge in [-0.15, -0.1) is 0 Å². The van der Waals surface area contributed by atoms with Gasteiger partial charge in [0.15, 0.2) is 6.61 Å². The summed E-state index contributed by atoms with van der Waals surface area (Å²) in [6, 6.07) is 21.3. The molecule has 0 aliphatic rings. The Labute approximate surface area is 204 Å². The van der Waals surface area contributed by atoms with Crippen LogP contribution >= 0.6 is 0 Å². The molecule has 0 bridgehead atoms. The summed E-state index contributed by atoms with van der Waals surface area (Å²) in [7, 11) is 5.45. The fourth-order valence-corrected chi connectivity index (χ4v) is 3.28. The summed E-state index contributed by atoms with van der Waals surface area (Å²) >= 11 is 0. The first-order valence-corrected chi connectivity index (χ1v) is 11.1. The predicted octanol–water partition coefficient (Wildman–Crippen LogP) is 4.13. The van der Waals surface area contributed by atoms with Crippen LogP contribution in [0.2, 0.25) is 0 Å². The molecule has 0 spiro atoms. The molecule has 3 aromatic rings. The van der Waals surface area contributed by atoms with Gasteiger partial charge in [0.1, 0.15) is 5.75 Å². The van der Waals surface area contributed by atoms with Crippen LogP contribution in [0.1, 0.15) is 22.3 Å². The second kappa shape index (κ2) is 12.2. The Bertz CT molecular complexity index is 1160. The van der Waals surface area contributed by atoms with Crippen LogP contribution in [0.25, 0.3) is 0 Å². The molecule has 0 saturated heterocycles. The number of nitrogens with one attached hydrogen (secondary N) is 2. The van der Waals surface area contributed by atoms with E-state index in [1.165, 1.54) is 0 Å². The van der Waals surface area contributed by atoms with E-state index in [1.807, 2.05) is 55.4 Å². The Kier molecular flexibility index (Phi) is 8.83.